The third-order valence-corrected chi connectivity index (χ3v) is 4.69. The van der Waals surface area contributed by atoms with Crippen molar-refractivity contribution >= 4 is 6.09 Å². The number of aryl methyl sites for hydroxylation is 1. The van der Waals surface area contributed by atoms with Gasteiger partial charge in [0.05, 0.1) is 18.2 Å². The first-order valence-corrected chi connectivity index (χ1v) is 9.28. The predicted molar refractivity (Wildman–Crippen MR) is 100 cm³/mol. The molecule has 142 valence electrons. The Bertz CT molecular complexity index is 501. The summed E-state index contributed by atoms with van der Waals surface area (Å²) in [6.07, 6.45) is 5.41. The second-order valence-electron chi connectivity index (χ2n) is 6.93. The van der Waals surface area contributed by atoms with Crippen molar-refractivity contribution in [2.75, 3.05) is 6.61 Å². The first-order valence-electron chi connectivity index (χ1n) is 9.28. The minimum absolute atomic E-state index is 0.522. The summed E-state index contributed by atoms with van der Waals surface area (Å²) in [6.45, 7) is 6.28. The Labute approximate surface area is 151 Å². The SMILES string of the molecule is CCCCCCCOc1ccc(CC[C@](C)(NC(=O)O)[C@H](C)O)cc1. The van der Waals surface area contributed by atoms with E-state index in [1.807, 2.05) is 24.3 Å². The van der Waals surface area contributed by atoms with E-state index in [-0.39, 0.29) is 0 Å². The van der Waals surface area contributed by atoms with Crippen molar-refractivity contribution < 1.29 is 19.7 Å². The topological polar surface area (TPSA) is 78.8 Å². The maximum atomic E-state index is 10.9. The van der Waals surface area contributed by atoms with Crippen molar-refractivity contribution in [3.8, 4) is 5.75 Å². The summed E-state index contributed by atoms with van der Waals surface area (Å²) in [5, 5.41) is 21.2. The zero-order chi connectivity index (χ0) is 18.7. The number of carboxylic acid groups (broad SMARTS) is 1. The second kappa shape index (κ2) is 11.0. The van der Waals surface area contributed by atoms with E-state index >= 15 is 0 Å². The van der Waals surface area contributed by atoms with Crippen LogP contribution in [0.3, 0.4) is 0 Å². The van der Waals surface area contributed by atoms with Crippen LogP contribution < -0.4 is 10.1 Å². The standard InChI is InChI=1S/C20H33NO4/c1-4-5-6-7-8-15-25-18-11-9-17(10-12-18)13-14-20(3,16(2)22)21-19(23)24/h9-12,16,21-22H,4-8,13-15H2,1-3H3,(H,23,24)/t16-,20-/m0/s1. The van der Waals surface area contributed by atoms with E-state index in [2.05, 4.69) is 12.2 Å². The molecule has 2 atom stereocenters. The first kappa shape index (κ1) is 21.3. The molecule has 3 N–H and O–H groups in total. The van der Waals surface area contributed by atoms with Crippen molar-refractivity contribution in [2.24, 2.45) is 0 Å². The van der Waals surface area contributed by atoms with Gasteiger partial charge in [0.25, 0.3) is 0 Å². The van der Waals surface area contributed by atoms with Crippen LogP contribution >= 0.6 is 0 Å². The van der Waals surface area contributed by atoms with Gasteiger partial charge in [-0.25, -0.2) is 4.79 Å². The molecule has 0 radical (unpaired) electrons. The molecule has 25 heavy (non-hydrogen) atoms. The fourth-order valence-electron chi connectivity index (χ4n) is 2.67. The van der Waals surface area contributed by atoms with E-state index in [1.54, 1.807) is 13.8 Å². The number of benzene rings is 1. The van der Waals surface area contributed by atoms with Crippen LogP contribution in [0.25, 0.3) is 0 Å². The zero-order valence-electron chi connectivity index (χ0n) is 15.8. The van der Waals surface area contributed by atoms with Gasteiger partial charge in [0.15, 0.2) is 0 Å². The van der Waals surface area contributed by atoms with Crippen LogP contribution in [-0.4, -0.2) is 34.6 Å². The van der Waals surface area contributed by atoms with E-state index in [0.717, 1.165) is 24.3 Å². The Morgan fingerprint density at radius 2 is 1.84 bits per heavy atom. The molecule has 5 nitrogen and oxygen atoms in total. The van der Waals surface area contributed by atoms with Gasteiger partial charge in [0, 0.05) is 0 Å². The second-order valence-corrected chi connectivity index (χ2v) is 6.93. The minimum Gasteiger partial charge on any atom is -0.494 e. The zero-order valence-corrected chi connectivity index (χ0v) is 15.8. The van der Waals surface area contributed by atoms with E-state index in [4.69, 9.17) is 9.84 Å². The van der Waals surface area contributed by atoms with Gasteiger partial charge in [-0.1, -0.05) is 44.7 Å². The van der Waals surface area contributed by atoms with Crippen molar-refractivity contribution in [3.05, 3.63) is 29.8 Å². The van der Waals surface area contributed by atoms with Crippen LogP contribution in [0.4, 0.5) is 4.79 Å². The number of aliphatic hydroxyl groups excluding tert-OH is 1. The average molecular weight is 351 g/mol. The largest absolute Gasteiger partial charge is 0.494 e. The normalized spacial score (nSPS) is 14.6. The molecule has 1 amide bonds. The molecular weight excluding hydrogens is 318 g/mol. The molecule has 0 bridgehead atoms. The lowest BCUT2D eigenvalue weighted by Crippen LogP contribution is -2.53. The number of unbranched alkanes of at least 4 members (excludes halogenated alkanes) is 4. The molecule has 0 fully saturated rings. The highest BCUT2D eigenvalue weighted by atomic mass is 16.5. The van der Waals surface area contributed by atoms with Gasteiger partial charge in [-0.3, -0.25) is 0 Å². The fraction of sp³-hybridized carbons (Fsp3) is 0.650. The van der Waals surface area contributed by atoms with Crippen molar-refractivity contribution in [1.82, 2.24) is 5.32 Å². The number of ether oxygens (including phenoxy) is 1. The van der Waals surface area contributed by atoms with Gasteiger partial charge in [0.1, 0.15) is 5.75 Å². The van der Waals surface area contributed by atoms with E-state index in [0.29, 0.717) is 12.8 Å². The maximum Gasteiger partial charge on any atom is 0.405 e. The van der Waals surface area contributed by atoms with E-state index in [9.17, 15) is 9.90 Å². The monoisotopic (exact) mass is 351 g/mol. The Hall–Kier alpha value is -1.75. The van der Waals surface area contributed by atoms with Crippen LogP contribution in [0.1, 0.15) is 64.9 Å². The van der Waals surface area contributed by atoms with Crippen LogP contribution in [0.2, 0.25) is 0 Å². The Balaban J connectivity index is 2.41. The molecule has 0 aromatic heterocycles. The van der Waals surface area contributed by atoms with Crippen LogP contribution in [0.15, 0.2) is 24.3 Å². The summed E-state index contributed by atoms with van der Waals surface area (Å²) < 4.78 is 5.75. The first-order chi connectivity index (χ1) is 11.9. The number of aliphatic hydroxyl groups is 1. The molecule has 0 spiro atoms. The minimum atomic E-state index is -1.12. The number of rotatable bonds is 12. The van der Waals surface area contributed by atoms with Crippen molar-refractivity contribution in [2.45, 2.75) is 77.4 Å². The molecular formula is C20H33NO4. The lowest BCUT2D eigenvalue weighted by atomic mass is 9.88. The van der Waals surface area contributed by atoms with E-state index < -0.39 is 17.7 Å². The average Bonchev–Trinajstić information content (AvgIpc) is 2.56. The molecule has 1 aromatic rings. The van der Waals surface area contributed by atoms with Gasteiger partial charge in [-0.05, 0) is 50.8 Å². The van der Waals surface area contributed by atoms with Crippen molar-refractivity contribution in [1.29, 1.82) is 0 Å². The molecule has 0 aliphatic rings. The van der Waals surface area contributed by atoms with Crippen LogP contribution in [0.5, 0.6) is 5.75 Å². The summed E-state index contributed by atoms with van der Waals surface area (Å²) in [5.41, 5.74) is 0.230. The number of hydrogen-bond donors (Lipinski definition) is 3. The van der Waals surface area contributed by atoms with E-state index in [1.165, 1.54) is 25.7 Å². The van der Waals surface area contributed by atoms with Crippen LogP contribution in [0, 0.1) is 0 Å². The lowest BCUT2D eigenvalue weighted by Gasteiger charge is -2.32. The fourth-order valence-corrected chi connectivity index (χ4v) is 2.67. The Morgan fingerprint density at radius 1 is 1.20 bits per heavy atom. The number of amides is 1. The molecule has 1 aromatic carbocycles. The van der Waals surface area contributed by atoms with Gasteiger partial charge in [0.2, 0.25) is 0 Å². The summed E-state index contributed by atoms with van der Waals surface area (Å²) in [4.78, 5) is 10.9. The molecule has 5 heteroatoms. The Morgan fingerprint density at radius 3 is 2.40 bits per heavy atom. The Kier molecular flexibility index (Phi) is 9.35. The predicted octanol–water partition coefficient (Wildman–Crippen LogP) is 4.38. The molecule has 0 heterocycles. The van der Waals surface area contributed by atoms with Gasteiger partial charge < -0.3 is 20.3 Å². The number of hydrogen-bond acceptors (Lipinski definition) is 3. The molecule has 0 aliphatic carbocycles. The lowest BCUT2D eigenvalue weighted by molar-refractivity contribution is 0.0765. The van der Waals surface area contributed by atoms with Gasteiger partial charge in [-0.2, -0.15) is 0 Å². The van der Waals surface area contributed by atoms with Gasteiger partial charge >= 0.3 is 6.09 Å². The summed E-state index contributed by atoms with van der Waals surface area (Å²) >= 11 is 0. The molecule has 1 rings (SSSR count). The maximum absolute atomic E-state index is 10.9. The molecule has 0 saturated carbocycles. The smallest absolute Gasteiger partial charge is 0.405 e. The summed E-state index contributed by atoms with van der Waals surface area (Å²) in [5.74, 6) is 0.862. The summed E-state index contributed by atoms with van der Waals surface area (Å²) in [7, 11) is 0. The molecule has 0 aliphatic heterocycles. The van der Waals surface area contributed by atoms with Gasteiger partial charge in [-0.15, -0.1) is 0 Å². The van der Waals surface area contributed by atoms with Crippen molar-refractivity contribution in [3.63, 3.8) is 0 Å². The third kappa shape index (κ3) is 8.25. The number of nitrogens with one attached hydrogen (secondary N) is 1. The quantitative estimate of drug-likeness (QED) is 0.488. The highest BCUT2D eigenvalue weighted by molar-refractivity contribution is 5.65. The third-order valence-electron chi connectivity index (χ3n) is 4.69. The molecule has 0 saturated heterocycles. The molecule has 0 unspecified atom stereocenters. The highest BCUT2D eigenvalue weighted by Crippen LogP contribution is 2.20. The summed E-state index contributed by atoms with van der Waals surface area (Å²) in [6, 6.07) is 7.89. The number of carbonyl (C=O) groups is 1. The highest BCUT2D eigenvalue weighted by Gasteiger charge is 2.31. The van der Waals surface area contributed by atoms with Crippen LogP contribution in [-0.2, 0) is 6.42 Å².